The van der Waals surface area contributed by atoms with Crippen molar-refractivity contribution >= 4 is 17.5 Å². The number of nitrogens with one attached hydrogen (secondary N) is 3. The zero-order valence-corrected chi connectivity index (χ0v) is 25.5. The van der Waals surface area contributed by atoms with Gasteiger partial charge in [-0.05, 0) is 48.1 Å². The van der Waals surface area contributed by atoms with Gasteiger partial charge in [0.05, 0.1) is 0 Å². The van der Waals surface area contributed by atoms with Crippen molar-refractivity contribution in [3.63, 3.8) is 0 Å². The average Bonchev–Trinajstić information content (AvgIpc) is 3.79. The highest BCUT2D eigenvalue weighted by Crippen LogP contribution is 2.59. The van der Waals surface area contributed by atoms with Crippen LogP contribution >= 0.6 is 0 Å². The first-order valence-electron chi connectivity index (χ1n) is 15.1. The van der Waals surface area contributed by atoms with Crippen molar-refractivity contribution in [2.24, 2.45) is 5.92 Å². The second kappa shape index (κ2) is 10.9. The Kier molecular flexibility index (Phi) is 6.94. The molecule has 5 atom stereocenters. The molecule has 5 heterocycles. The highest BCUT2D eigenvalue weighted by Gasteiger charge is 2.61. The van der Waals surface area contributed by atoms with E-state index in [-0.39, 0.29) is 41.9 Å². The molecule has 234 valence electrons. The number of nitrogens with zero attached hydrogens (tertiary/aromatic N) is 3. The van der Waals surface area contributed by atoms with E-state index in [0.717, 1.165) is 22.4 Å². The number of aromatic nitrogens is 2. The van der Waals surface area contributed by atoms with Crippen molar-refractivity contribution in [3.05, 3.63) is 94.9 Å². The molecule has 7 rings (SSSR count). The molecule has 2 amide bonds. The van der Waals surface area contributed by atoms with Crippen LogP contribution in [0.3, 0.4) is 0 Å². The lowest BCUT2D eigenvalue weighted by Crippen LogP contribution is -2.51. The third-order valence-electron chi connectivity index (χ3n) is 8.67. The zero-order chi connectivity index (χ0) is 32.3. The Bertz CT molecular complexity index is 1940. The molecular formula is C34H32N6O6. The Labute approximate surface area is 264 Å². The van der Waals surface area contributed by atoms with Gasteiger partial charge in [0.2, 0.25) is 23.6 Å². The summed E-state index contributed by atoms with van der Waals surface area (Å²) >= 11 is 0. The molecule has 2 aromatic carbocycles. The smallest absolute Gasteiger partial charge is 0.250 e. The average molecular weight is 621 g/mol. The van der Waals surface area contributed by atoms with Gasteiger partial charge in [0.25, 0.3) is 0 Å². The Balaban J connectivity index is 1.46. The highest BCUT2D eigenvalue weighted by atomic mass is 16.5. The zero-order valence-electron chi connectivity index (χ0n) is 25.5. The van der Waals surface area contributed by atoms with Gasteiger partial charge in [-0.2, -0.15) is 10.2 Å². The molecule has 0 saturated heterocycles. The van der Waals surface area contributed by atoms with Crippen LogP contribution in [0.1, 0.15) is 67.3 Å². The molecule has 0 saturated carbocycles. The first-order chi connectivity index (χ1) is 22.1. The summed E-state index contributed by atoms with van der Waals surface area (Å²) in [7, 11) is 0. The number of rotatable bonds is 6. The summed E-state index contributed by atoms with van der Waals surface area (Å²) in [6, 6.07) is 13.4. The van der Waals surface area contributed by atoms with Crippen molar-refractivity contribution in [2.75, 3.05) is 5.32 Å². The van der Waals surface area contributed by atoms with Crippen molar-refractivity contribution in [3.8, 4) is 23.4 Å². The third kappa shape index (κ3) is 4.54. The number of nitriles is 1. The number of carbonyl (C=O) groups is 2. The van der Waals surface area contributed by atoms with Crippen molar-refractivity contribution < 1.29 is 28.3 Å². The number of aliphatic hydroxyl groups is 1. The van der Waals surface area contributed by atoms with E-state index in [1.807, 2.05) is 62.4 Å². The number of ether oxygens (including phenoxy) is 1. The molecular weight excluding hydrogens is 588 g/mol. The molecule has 3 aliphatic rings. The Morgan fingerprint density at radius 2 is 2.02 bits per heavy atom. The van der Waals surface area contributed by atoms with E-state index in [9.17, 15) is 20.0 Å². The summed E-state index contributed by atoms with van der Waals surface area (Å²) in [5, 5.41) is 29.3. The molecule has 4 N–H and O–H groups in total. The fourth-order valence-electron chi connectivity index (χ4n) is 6.56. The van der Waals surface area contributed by atoms with Crippen molar-refractivity contribution in [2.45, 2.75) is 63.4 Å². The lowest BCUT2D eigenvalue weighted by Gasteiger charge is -2.28. The van der Waals surface area contributed by atoms with Crippen LogP contribution in [-0.2, 0) is 21.4 Å². The van der Waals surface area contributed by atoms with Crippen LogP contribution in [0.25, 0.3) is 11.6 Å². The maximum absolute atomic E-state index is 13.9. The number of hydrogen-bond acceptors (Lipinski definition) is 10. The number of anilines is 1. The van der Waals surface area contributed by atoms with Crippen LogP contribution in [0.15, 0.2) is 69.7 Å². The number of para-hydroxylation sites is 1. The standard InChI is InChI=1S/C34H32N6O6/c1-16(2)11-24(41)30(43)37-23-13-18-9-10-25-21(12-18)34(20-7-5-6-8-22(20)38-33(34)45-25)28-27(31-36-19(14-35)15-44-31)40-32(46-28)26(17(3)4)39-29(23)42/h5-10,12,15-16,23-24,26,33,38,41H,3,11,13H2,1-2,4H3,(H,37,43)(H,39,42)/t23?,24-,26?,33?,34?/m0/s1. The summed E-state index contributed by atoms with van der Waals surface area (Å²) in [5.41, 5.74) is 2.92. The van der Waals surface area contributed by atoms with E-state index in [2.05, 4.69) is 27.5 Å². The fraction of sp³-hybridized carbons (Fsp3) is 0.324. The fourth-order valence-corrected chi connectivity index (χ4v) is 6.56. The molecule has 46 heavy (non-hydrogen) atoms. The van der Waals surface area contributed by atoms with Gasteiger partial charge in [-0.1, -0.05) is 50.8 Å². The monoisotopic (exact) mass is 620 g/mol. The summed E-state index contributed by atoms with van der Waals surface area (Å²) in [5.74, 6) is 0.0415. The first-order valence-corrected chi connectivity index (χ1v) is 15.1. The maximum Gasteiger partial charge on any atom is 0.250 e. The SMILES string of the molecule is C=C(C)C1NC(=O)C(NC(=O)[C@@H](O)CC(C)C)Cc2ccc3c(c2)C2(c4ccccc4NC2O3)c2oc1nc2-c1nc(C#N)co1. The molecule has 3 aliphatic heterocycles. The maximum atomic E-state index is 13.9. The molecule has 0 aliphatic carbocycles. The first kappa shape index (κ1) is 29.3. The normalized spacial score (nSPS) is 23.0. The number of fused-ring (bicyclic) bond motifs is 4. The van der Waals surface area contributed by atoms with E-state index in [4.69, 9.17) is 18.6 Å². The van der Waals surface area contributed by atoms with Gasteiger partial charge in [-0.3, -0.25) is 9.59 Å². The largest absolute Gasteiger partial charge is 0.469 e. The minimum Gasteiger partial charge on any atom is -0.469 e. The number of hydrogen-bond donors (Lipinski definition) is 4. The van der Waals surface area contributed by atoms with Crippen LogP contribution in [0, 0.1) is 17.2 Å². The van der Waals surface area contributed by atoms with Crippen LogP contribution in [0.4, 0.5) is 5.69 Å². The van der Waals surface area contributed by atoms with Gasteiger partial charge in [0.15, 0.2) is 23.4 Å². The van der Waals surface area contributed by atoms with E-state index in [1.54, 1.807) is 6.92 Å². The minimum absolute atomic E-state index is 0.0644. The van der Waals surface area contributed by atoms with E-state index < -0.39 is 41.6 Å². The van der Waals surface area contributed by atoms with Crippen LogP contribution in [0.5, 0.6) is 5.75 Å². The molecule has 0 fully saturated rings. The molecule has 0 radical (unpaired) electrons. The summed E-state index contributed by atoms with van der Waals surface area (Å²) in [6.45, 7) is 9.63. The Morgan fingerprint density at radius 3 is 2.76 bits per heavy atom. The van der Waals surface area contributed by atoms with E-state index in [1.165, 1.54) is 6.26 Å². The predicted octanol–water partition coefficient (Wildman–Crippen LogP) is 3.86. The molecule has 4 aromatic rings. The van der Waals surface area contributed by atoms with Crippen molar-refractivity contribution in [1.29, 1.82) is 5.26 Å². The summed E-state index contributed by atoms with van der Waals surface area (Å²) in [6.07, 6.45) is -0.309. The molecule has 2 aromatic heterocycles. The van der Waals surface area contributed by atoms with Gasteiger partial charge in [0.1, 0.15) is 41.7 Å². The third-order valence-corrected chi connectivity index (χ3v) is 8.67. The minimum atomic E-state index is -1.28. The second-order valence-corrected chi connectivity index (χ2v) is 12.4. The second-order valence-electron chi connectivity index (χ2n) is 12.4. The number of oxazole rings is 2. The Morgan fingerprint density at radius 1 is 1.22 bits per heavy atom. The Hall–Kier alpha value is -5.41. The van der Waals surface area contributed by atoms with Crippen LogP contribution in [-0.4, -0.2) is 45.3 Å². The van der Waals surface area contributed by atoms with Crippen LogP contribution in [0.2, 0.25) is 0 Å². The van der Waals surface area contributed by atoms with Gasteiger partial charge in [-0.15, -0.1) is 0 Å². The summed E-state index contributed by atoms with van der Waals surface area (Å²) in [4.78, 5) is 36.2. The lowest BCUT2D eigenvalue weighted by molar-refractivity contribution is -0.134. The van der Waals surface area contributed by atoms with E-state index in [0.29, 0.717) is 17.1 Å². The molecule has 12 nitrogen and oxygen atoms in total. The lowest BCUT2D eigenvalue weighted by atomic mass is 9.72. The number of benzene rings is 2. The highest BCUT2D eigenvalue weighted by molar-refractivity contribution is 5.90. The molecule has 12 heteroatoms. The van der Waals surface area contributed by atoms with Gasteiger partial charge < -0.3 is 34.6 Å². The number of carbonyl (C=O) groups excluding carboxylic acids is 2. The van der Waals surface area contributed by atoms with Gasteiger partial charge >= 0.3 is 0 Å². The van der Waals surface area contributed by atoms with Gasteiger partial charge in [-0.25, -0.2) is 4.98 Å². The van der Waals surface area contributed by atoms with Crippen LogP contribution < -0.4 is 20.7 Å². The predicted molar refractivity (Wildman–Crippen MR) is 164 cm³/mol. The number of amides is 2. The topological polar surface area (TPSA) is 176 Å². The van der Waals surface area contributed by atoms with Gasteiger partial charge in [0, 0.05) is 17.7 Å². The summed E-state index contributed by atoms with van der Waals surface area (Å²) < 4.78 is 19.0. The molecule has 4 bridgehead atoms. The van der Waals surface area contributed by atoms with E-state index >= 15 is 0 Å². The number of aliphatic hydroxyl groups excluding tert-OH is 1. The van der Waals surface area contributed by atoms with Crippen molar-refractivity contribution in [1.82, 2.24) is 20.6 Å². The molecule has 1 spiro atoms. The quantitative estimate of drug-likeness (QED) is 0.232. The molecule has 4 unspecified atom stereocenters.